The number of hydrogen-bond donors (Lipinski definition) is 1. The van der Waals surface area contributed by atoms with E-state index in [4.69, 9.17) is 11.6 Å². The molecule has 0 spiro atoms. The monoisotopic (exact) mass is 469 g/mol. The molecule has 1 aromatic heterocycles. The van der Waals surface area contributed by atoms with E-state index in [2.05, 4.69) is 10.4 Å². The van der Waals surface area contributed by atoms with E-state index in [9.17, 15) is 22.4 Å². The number of nitrogens with zero attached hydrogens (tertiary/aromatic N) is 4. The Bertz CT molecular complexity index is 1170. The van der Waals surface area contributed by atoms with E-state index in [1.807, 2.05) is 6.92 Å². The highest BCUT2D eigenvalue weighted by molar-refractivity contribution is 7.91. The average molecular weight is 470 g/mol. The summed E-state index contributed by atoms with van der Waals surface area (Å²) in [5.41, 5.74) is 1.51. The first kappa shape index (κ1) is 21.6. The number of carbonyl (C=O) groups excluding carboxylic acids is 2. The molecule has 1 fully saturated rings. The molecule has 1 saturated heterocycles. The largest absolute Gasteiger partial charge is 0.322 e. The zero-order valence-corrected chi connectivity index (χ0v) is 18.5. The number of rotatable bonds is 3. The summed E-state index contributed by atoms with van der Waals surface area (Å²) in [5, 5.41) is 6.17. The van der Waals surface area contributed by atoms with Gasteiger partial charge in [0.2, 0.25) is 5.91 Å². The van der Waals surface area contributed by atoms with Gasteiger partial charge in [0.1, 0.15) is 5.82 Å². The smallest absolute Gasteiger partial charge is 0.314 e. The van der Waals surface area contributed by atoms with Crippen molar-refractivity contribution in [2.75, 3.05) is 23.0 Å². The van der Waals surface area contributed by atoms with Crippen LogP contribution in [0, 0.1) is 5.82 Å². The Balaban J connectivity index is 1.55. The van der Waals surface area contributed by atoms with Crippen LogP contribution in [0.1, 0.15) is 19.0 Å². The van der Waals surface area contributed by atoms with Gasteiger partial charge in [-0.1, -0.05) is 11.6 Å². The maximum Gasteiger partial charge on any atom is 0.322 e. The lowest BCUT2D eigenvalue weighted by atomic mass is 10.2. The van der Waals surface area contributed by atoms with Crippen LogP contribution in [0.15, 0.2) is 24.4 Å². The molecule has 0 aliphatic carbocycles. The Labute approximate surface area is 183 Å². The van der Waals surface area contributed by atoms with Gasteiger partial charge in [-0.2, -0.15) is 5.10 Å². The number of urea groups is 1. The fourth-order valence-electron chi connectivity index (χ4n) is 3.85. The molecule has 12 heteroatoms. The molecule has 2 atom stereocenters. The summed E-state index contributed by atoms with van der Waals surface area (Å²) in [5.74, 6) is -0.871. The molecule has 3 heterocycles. The van der Waals surface area contributed by atoms with Crippen LogP contribution >= 0.6 is 11.6 Å². The average Bonchev–Trinajstić information content (AvgIpc) is 3.26. The second-order valence-corrected chi connectivity index (χ2v) is 10.6. The molecule has 2 aliphatic heterocycles. The topological polar surface area (TPSA) is 105 Å². The Hall–Kier alpha value is -2.66. The van der Waals surface area contributed by atoms with Crippen molar-refractivity contribution in [2.24, 2.45) is 0 Å². The number of hydrogen-bond acceptors (Lipinski definition) is 5. The van der Waals surface area contributed by atoms with Gasteiger partial charge >= 0.3 is 6.03 Å². The number of aromatic nitrogens is 2. The van der Waals surface area contributed by atoms with Gasteiger partial charge in [0.05, 0.1) is 47.0 Å². The molecular formula is C19H21ClFN5O4S. The van der Waals surface area contributed by atoms with E-state index in [1.165, 1.54) is 29.3 Å². The molecule has 1 N–H and O–H groups in total. The fourth-order valence-corrected chi connectivity index (χ4v) is 4.89. The molecule has 0 bridgehead atoms. The summed E-state index contributed by atoms with van der Waals surface area (Å²) in [6, 6.07) is 3.30. The molecule has 31 heavy (non-hydrogen) atoms. The molecule has 1 unspecified atom stereocenters. The van der Waals surface area contributed by atoms with Crippen LogP contribution in [0.25, 0.3) is 0 Å². The van der Waals surface area contributed by atoms with Crippen molar-refractivity contribution in [2.45, 2.75) is 37.7 Å². The van der Waals surface area contributed by atoms with Crippen LogP contribution in [-0.2, 0) is 27.7 Å². The van der Waals surface area contributed by atoms with Crippen molar-refractivity contribution in [3.8, 4) is 0 Å². The van der Waals surface area contributed by atoms with Crippen molar-refractivity contribution < 1.29 is 22.4 Å². The van der Waals surface area contributed by atoms with Crippen LogP contribution in [0.5, 0.6) is 0 Å². The van der Waals surface area contributed by atoms with E-state index in [0.29, 0.717) is 23.6 Å². The van der Waals surface area contributed by atoms with Gasteiger partial charge in [-0.05, 0) is 25.1 Å². The number of sulfone groups is 1. The Morgan fingerprint density at radius 1 is 1.32 bits per heavy atom. The maximum absolute atomic E-state index is 13.4. The van der Waals surface area contributed by atoms with Crippen molar-refractivity contribution in [1.82, 2.24) is 14.7 Å². The second-order valence-electron chi connectivity index (χ2n) is 7.85. The van der Waals surface area contributed by atoms with E-state index >= 15 is 0 Å². The van der Waals surface area contributed by atoms with Gasteiger partial charge in [0.15, 0.2) is 9.84 Å². The number of benzene rings is 1. The minimum Gasteiger partial charge on any atom is -0.314 e. The summed E-state index contributed by atoms with van der Waals surface area (Å²) in [7, 11) is -3.36. The highest BCUT2D eigenvalue weighted by atomic mass is 35.5. The van der Waals surface area contributed by atoms with Crippen LogP contribution in [0.3, 0.4) is 0 Å². The Kier molecular flexibility index (Phi) is 5.42. The first-order chi connectivity index (χ1) is 14.5. The normalized spacial score (nSPS) is 21.4. The zero-order chi connectivity index (χ0) is 22.5. The number of halogens is 2. The van der Waals surface area contributed by atoms with Gasteiger partial charge in [0, 0.05) is 24.9 Å². The van der Waals surface area contributed by atoms with Crippen molar-refractivity contribution in [3.63, 3.8) is 0 Å². The van der Waals surface area contributed by atoms with E-state index in [0.717, 1.165) is 6.26 Å². The summed E-state index contributed by atoms with van der Waals surface area (Å²) < 4.78 is 38.9. The van der Waals surface area contributed by atoms with Gasteiger partial charge in [-0.15, -0.1) is 0 Å². The lowest BCUT2D eigenvalue weighted by Gasteiger charge is -2.35. The highest BCUT2D eigenvalue weighted by Crippen LogP contribution is 2.32. The van der Waals surface area contributed by atoms with Gasteiger partial charge in [-0.3, -0.25) is 9.48 Å². The van der Waals surface area contributed by atoms with Crippen molar-refractivity contribution in [1.29, 1.82) is 0 Å². The fraction of sp³-hybridized carbons (Fsp3) is 0.421. The predicted octanol–water partition coefficient (Wildman–Crippen LogP) is 2.26. The highest BCUT2D eigenvalue weighted by Gasteiger charge is 2.39. The first-order valence-corrected chi connectivity index (χ1v) is 11.9. The number of nitrogens with one attached hydrogen (secondary N) is 1. The first-order valence-electron chi connectivity index (χ1n) is 9.61. The molecule has 2 aromatic rings. The molecule has 166 valence electrons. The number of anilines is 2. The number of fused-ring (bicyclic) bond motifs is 1. The van der Waals surface area contributed by atoms with E-state index in [-0.39, 0.29) is 36.5 Å². The summed E-state index contributed by atoms with van der Waals surface area (Å²) in [6.07, 6.45) is 2.58. The summed E-state index contributed by atoms with van der Waals surface area (Å²) in [6.45, 7) is 2.50. The standard InChI is InChI=1S/C19H21ClFN5O4S/c1-11-8-26-17(10-24(11)19(28)23-12-3-4-15(21)14(20)5-12)16(7-22-26)25-9-13(6-18(25)27)31(2,29)30/h3-5,7,11,13H,6,8-10H2,1-2H3,(H,23,28)/t11-,13?/m0/s1. The quantitative estimate of drug-likeness (QED) is 0.742. The Morgan fingerprint density at radius 2 is 2.06 bits per heavy atom. The van der Waals surface area contributed by atoms with E-state index in [1.54, 1.807) is 9.58 Å². The molecular weight excluding hydrogens is 449 g/mol. The van der Waals surface area contributed by atoms with Gasteiger partial charge < -0.3 is 15.1 Å². The third-order valence-electron chi connectivity index (χ3n) is 5.63. The van der Waals surface area contributed by atoms with Crippen LogP contribution < -0.4 is 10.2 Å². The molecule has 3 amide bonds. The molecule has 0 radical (unpaired) electrons. The van der Waals surface area contributed by atoms with Crippen molar-refractivity contribution >= 4 is 44.8 Å². The van der Waals surface area contributed by atoms with Crippen LogP contribution in [0.4, 0.5) is 20.6 Å². The molecule has 0 saturated carbocycles. The second kappa shape index (κ2) is 7.79. The van der Waals surface area contributed by atoms with Crippen molar-refractivity contribution in [3.05, 3.63) is 40.9 Å². The third-order valence-corrected chi connectivity index (χ3v) is 7.45. The summed E-state index contributed by atoms with van der Waals surface area (Å²) >= 11 is 5.78. The number of amides is 3. The van der Waals surface area contributed by atoms with Gasteiger partial charge in [-0.25, -0.2) is 17.6 Å². The third kappa shape index (κ3) is 4.11. The summed E-state index contributed by atoms with van der Waals surface area (Å²) in [4.78, 5) is 28.4. The SMILES string of the molecule is C[C@H]1Cn2ncc(N3CC(S(C)(=O)=O)CC3=O)c2CN1C(=O)Nc1ccc(F)c(Cl)c1. The molecule has 1 aromatic carbocycles. The minimum absolute atomic E-state index is 0.0617. The lowest BCUT2D eigenvalue weighted by Crippen LogP contribution is -2.47. The molecule has 2 aliphatic rings. The molecule has 9 nitrogen and oxygen atoms in total. The molecule has 4 rings (SSSR count). The minimum atomic E-state index is -3.36. The lowest BCUT2D eigenvalue weighted by molar-refractivity contribution is -0.117. The maximum atomic E-state index is 13.4. The predicted molar refractivity (Wildman–Crippen MR) is 113 cm³/mol. The Morgan fingerprint density at radius 3 is 2.71 bits per heavy atom. The van der Waals surface area contributed by atoms with E-state index < -0.39 is 26.9 Å². The zero-order valence-electron chi connectivity index (χ0n) is 16.9. The van der Waals surface area contributed by atoms with Crippen LogP contribution in [0.2, 0.25) is 5.02 Å². The number of carbonyl (C=O) groups is 2. The van der Waals surface area contributed by atoms with Gasteiger partial charge in [0.25, 0.3) is 0 Å². The van der Waals surface area contributed by atoms with Crippen LogP contribution in [-0.4, -0.2) is 59.1 Å².